The zero-order valence-electron chi connectivity index (χ0n) is 17.0. The highest BCUT2D eigenvalue weighted by atomic mass is 16.4. The average Bonchev–Trinajstić information content (AvgIpc) is 2.78. The molecule has 0 aliphatic heterocycles. The van der Waals surface area contributed by atoms with Gasteiger partial charge >= 0.3 is 11.9 Å². The molecule has 2 aliphatic carbocycles. The maximum Gasteiger partial charge on any atom is 0.335 e. The Balaban J connectivity index is 1.65. The number of aromatic carboxylic acids is 2. The van der Waals surface area contributed by atoms with E-state index in [-0.39, 0.29) is 17.0 Å². The van der Waals surface area contributed by atoms with Crippen molar-refractivity contribution in [3.63, 3.8) is 0 Å². The summed E-state index contributed by atoms with van der Waals surface area (Å²) in [7, 11) is 0. The lowest BCUT2D eigenvalue weighted by atomic mass is 9.74. The van der Waals surface area contributed by atoms with Gasteiger partial charge in [0.05, 0.1) is 11.1 Å². The zero-order valence-corrected chi connectivity index (χ0v) is 17.0. The number of benzene rings is 3. The molecule has 2 N–H and O–H groups in total. The molecule has 0 spiro atoms. The van der Waals surface area contributed by atoms with Crippen molar-refractivity contribution in [3.05, 3.63) is 99.6 Å². The highest BCUT2D eigenvalue weighted by Gasteiger charge is 2.28. The Morgan fingerprint density at radius 3 is 2.32 bits per heavy atom. The third-order valence-electron chi connectivity index (χ3n) is 6.56. The number of hydrogen-bond donors (Lipinski definition) is 2. The van der Waals surface area contributed by atoms with Crippen LogP contribution in [0.4, 0.5) is 0 Å². The van der Waals surface area contributed by atoms with E-state index in [4.69, 9.17) is 0 Å². The number of aryl methyl sites for hydroxylation is 1. The Morgan fingerprint density at radius 2 is 1.58 bits per heavy atom. The van der Waals surface area contributed by atoms with Crippen molar-refractivity contribution in [2.75, 3.05) is 0 Å². The molecule has 4 nitrogen and oxygen atoms in total. The number of rotatable bonds is 4. The Labute approximate surface area is 180 Å². The summed E-state index contributed by atoms with van der Waals surface area (Å²) in [4.78, 5) is 23.7. The molecule has 3 aromatic rings. The van der Waals surface area contributed by atoms with Crippen LogP contribution in [0.25, 0.3) is 17.2 Å². The maximum atomic E-state index is 11.8. The van der Waals surface area contributed by atoms with Crippen molar-refractivity contribution in [3.8, 4) is 11.1 Å². The number of fused-ring (bicyclic) bond motifs is 5. The second kappa shape index (κ2) is 7.55. The first kappa shape index (κ1) is 19.3. The molecule has 0 saturated heterocycles. The average molecular weight is 410 g/mol. The first-order chi connectivity index (χ1) is 15.0. The fraction of sp³-hybridized carbons (Fsp3) is 0.185. The van der Waals surface area contributed by atoms with Crippen LogP contribution in [0.15, 0.2) is 60.7 Å². The minimum Gasteiger partial charge on any atom is -0.478 e. The van der Waals surface area contributed by atoms with Gasteiger partial charge in [0.15, 0.2) is 0 Å². The summed E-state index contributed by atoms with van der Waals surface area (Å²) in [6.07, 6.45) is 7.31. The monoisotopic (exact) mass is 410 g/mol. The highest BCUT2D eigenvalue weighted by molar-refractivity contribution is 5.96. The number of hydrogen-bond acceptors (Lipinski definition) is 2. The number of allylic oxidation sites excluding steroid dienone is 1. The van der Waals surface area contributed by atoms with Crippen LogP contribution in [0.3, 0.4) is 0 Å². The standard InChI is InChI=1S/C27H22O4/c28-26(29)22-9-4-10-23(27(30)31)24(22)15-18-7-3-6-17-12-13-20-19-8-2-1-5-16(19)11-14-21(20)25(17)18/h1-6,8-10,12-13,18H,7,11,14-15H2,(H,28,29)(H,30,31). The van der Waals surface area contributed by atoms with Gasteiger partial charge in [0.1, 0.15) is 0 Å². The fourth-order valence-electron chi connectivity index (χ4n) is 5.21. The van der Waals surface area contributed by atoms with E-state index in [1.54, 1.807) is 0 Å². The van der Waals surface area contributed by atoms with Crippen LogP contribution in [-0.2, 0) is 19.3 Å². The van der Waals surface area contributed by atoms with E-state index in [9.17, 15) is 19.8 Å². The summed E-state index contributed by atoms with van der Waals surface area (Å²) >= 11 is 0. The van der Waals surface area contributed by atoms with Crippen molar-refractivity contribution >= 4 is 18.0 Å². The van der Waals surface area contributed by atoms with Crippen molar-refractivity contribution in [2.45, 2.75) is 31.6 Å². The molecule has 0 heterocycles. The number of carboxylic acid groups (broad SMARTS) is 2. The van der Waals surface area contributed by atoms with E-state index >= 15 is 0 Å². The predicted molar refractivity (Wildman–Crippen MR) is 120 cm³/mol. The molecular weight excluding hydrogens is 388 g/mol. The van der Waals surface area contributed by atoms with Gasteiger partial charge in [0.25, 0.3) is 0 Å². The molecule has 0 amide bonds. The van der Waals surface area contributed by atoms with Crippen molar-refractivity contribution in [1.29, 1.82) is 0 Å². The van der Waals surface area contributed by atoms with Crippen molar-refractivity contribution < 1.29 is 19.8 Å². The molecule has 2 aliphatic rings. The molecule has 4 heteroatoms. The van der Waals surface area contributed by atoms with Gasteiger partial charge in [0.2, 0.25) is 0 Å². The molecule has 0 bridgehead atoms. The minimum absolute atomic E-state index is 0.0406. The van der Waals surface area contributed by atoms with Crippen LogP contribution >= 0.6 is 0 Å². The zero-order chi connectivity index (χ0) is 21.5. The van der Waals surface area contributed by atoms with Gasteiger partial charge in [-0.2, -0.15) is 0 Å². The third kappa shape index (κ3) is 3.25. The lowest BCUT2D eigenvalue weighted by molar-refractivity contribution is 0.0695. The van der Waals surface area contributed by atoms with Gasteiger partial charge in [-0.1, -0.05) is 54.6 Å². The van der Waals surface area contributed by atoms with Crippen molar-refractivity contribution in [1.82, 2.24) is 0 Å². The molecule has 1 atom stereocenters. The molecule has 31 heavy (non-hydrogen) atoms. The second-order valence-corrected chi connectivity index (χ2v) is 8.23. The van der Waals surface area contributed by atoms with E-state index in [2.05, 4.69) is 48.6 Å². The predicted octanol–water partition coefficient (Wildman–Crippen LogP) is 5.59. The Bertz CT molecular complexity index is 1220. The topological polar surface area (TPSA) is 74.6 Å². The van der Waals surface area contributed by atoms with E-state index in [0.29, 0.717) is 12.0 Å². The molecule has 3 aromatic carbocycles. The lowest BCUT2D eigenvalue weighted by Gasteiger charge is -2.30. The summed E-state index contributed by atoms with van der Waals surface area (Å²) in [5.41, 5.74) is 8.12. The SMILES string of the molecule is O=C(O)c1cccc(C(=O)O)c1CC1CC=Cc2ccc3c(c21)CCc1ccccc1-3. The van der Waals surface area contributed by atoms with Gasteiger partial charge in [0, 0.05) is 0 Å². The first-order valence-corrected chi connectivity index (χ1v) is 10.5. The smallest absolute Gasteiger partial charge is 0.335 e. The highest BCUT2D eigenvalue weighted by Crippen LogP contribution is 2.43. The van der Waals surface area contributed by atoms with Crippen LogP contribution in [0, 0.1) is 0 Å². The van der Waals surface area contributed by atoms with Crippen LogP contribution in [-0.4, -0.2) is 22.2 Å². The Kier molecular flexibility index (Phi) is 4.70. The van der Waals surface area contributed by atoms with Gasteiger partial charge in [-0.15, -0.1) is 0 Å². The molecule has 0 radical (unpaired) electrons. The van der Waals surface area contributed by atoms with E-state index in [1.165, 1.54) is 46.0 Å². The molecule has 1 unspecified atom stereocenters. The largest absolute Gasteiger partial charge is 0.478 e. The van der Waals surface area contributed by atoms with Crippen LogP contribution in [0.2, 0.25) is 0 Å². The lowest BCUT2D eigenvalue weighted by Crippen LogP contribution is -2.18. The van der Waals surface area contributed by atoms with Crippen LogP contribution in [0.5, 0.6) is 0 Å². The van der Waals surface area contributed by atoms with Gasteiger partial charge in [-0.3, -0.25) is 0 Å². The molecule has 5 rings (SSSR count). The molecule has 0 saturated carbocycles. The van der Waals surface area contributed by atoms with Crippen LogP contribution in [0.1, 0.15) is 60.9 Å². The summed E-state index contributed by atoms with van der Waals surface area (Å²) in [6.45, 7) is 0. The van der Waals surface area contributed by atoms with Crippen molar-refractivity contribution in [2.24, 2.45) is 0 Å². The fourth-order valence-corrected chi connectivity index (χ4v) is 5.21. The Morgan fingerprint density at radius 1 is 0.839 bits per heavy atom. The molecule has 154 valence electrons. The summed E-state index contributed by atoms with van der Waals surface area (Å²) in [5.74, 6) is -2.14. The third-order valence-corrected chi connectivity index (χ3v) is 6.56. The van der Waals surface area contributed by atoms with E-state index in [0.717, 1.165) is 24.8 Å². The van der Waals surface area contributed by atoms with Gasteiger partial charge in [-0.25, -0.2) is 9.59 Å². The minimum atomic E-state index is -1.09. The summed E-state index contributed by atoms with van der Waals surface area (Å²) in [6, 6.07) is 17.3. The Hall–Kier alpha value is -3.66. The molecule has 0 fully saturated rings. The maximum absolute atomic E-state index is 11.8. The number of carbonyl (C=O) groups is 2. The molecular formula is C27H22O4. The molecule has 0 aromatic heterocycles. The van der Waals surface area contributed by atoms with Gasteiger partial charge in [-0.05, 0) is 82.7 Å². The number of carboxylic acids is 2. The van der Waals surface area contributed by atoms with E-state index < -0.39 is 11.9 Å². The first-order valence-electron chi connectivity index (χ1n) is 10.5. The van der Waals surface area contributed by atoms with E-state index in [1.807, 2.05) is 0 Å². The second-order valence-electron chi connectivity index (χ2n) is 8.23. The summed E-state index contributed by atoms with van der Waals surface area (Å²) in [5, 5.41) is 19.4. The van der Waals surface area contributed by atoms with Gasteiger partial charge < -0.3 is 10.2 Å². The normalized spacial score (nSPS) is 16.2. The quantitative estimate of drug-likeness (QED) is 0.588. The summed E-state index contributed by atoms with van der Waals surface area (Å²) < 4.78 is 0. The van der Waals surface area contributed by atoms with Crippen LogP contribution < -0.4 is 0 Å².